The van der Waals surface area contributed by atoms with E-state index in [1.54, 1.807) is 18.2 Å². The van der Waals surface area contributed by atoms with Gasteiger partial charge in [0.15, 0.2) is 9.84 Å². The molecule has 5 heteroatoms. The minimum atomic E-state index is -3.20. The summed E-state index contributed by atoms with van der Waals surface area (Å²) in [5.74, 6) is 0. The van der Waals surface area contributed by atoms with E-state index in [1.807, 2.05) is 37.3 Å². The number of rotatable bonds is 4. The van der Waals surface area contributed by atoms with Crippen LogP contribution in [-0.2, 0) is 9.84 Å². The van der Waals surface area contributed by atoms with Crippen molar-refractivity contribution in [3.63, 3.8) is 0 Å². The molecule has 1 unspecified atom stereocenters. The van der Waals surface area contributed by atoms with E-state index in [9.17, 15) is 8.42 Å². The monoisotopic (exact) mass is 309 g/mol. The second-order valence-electron chi connectivity index (χ2n) is 4.69. The highest BCUT2D eigenvalue weighted by atomic mass is 35.5. The Morgan fingerprint density at radius 1 is 1.10 bits per heavy atom. The Morgan fingerprint density at radius 2 is 1.80 bits per heavy atom. The van der Waals surface area contributed by atoms with Crippen LogP contribution in [0.3, 0.4) is 0 Å². The fraction of sp³-hybridized carbons (Fsp3) is 0.200. The Kier molecular flexibility index (Phi) is 4.35. The largest absolute Gasteiger partial charge is 0.378 e. The van der Waals surface area contributed by atoms with E-state index in [1.165, 1.54) is 6.26 Å². The molecule has 0 heterocycles. The first-order valence-electron chi connectivity index (χ1n) is 6.19. The lowest BCUT2D eigenvalue weighted by molar-refractivity contribution is 0.602. The van der Waals surface area contributed by atoms with Gasteiger partial charge in [-0.2, -0.15) is 0 Å². The molecule has 2 rings (SSSR count). The molecule has 1 atom stereocenters. The molecule has 0 fully saturated rings. The summed E-state index contributed by atoms with van der Waals surface area (Å²) in [4.78, 5) is 0.300. The number of sulfone groups is 1. The lowest BCUT2D eigenvalue weighted by Gasteiger charge is -2.17. The highest BCUT2D eigenvalue weighted by molar-refractivity contribution is 7.90. The Hall–Kier alpha value is -1.52. The van der Waals surface area contributed by atoms with Gasteiger partial charge in [0, 0.05) is 23.0 Å². The third-order valence-corrected chi connectivity index (χ3v) is 4.47. The Bertz CT molecular complexity index is 713. The second-order valence-corrected chi connectivity index (χ2v) is 7.11. The van der Waals surface area contributed by atoms with E-state index in [0.29, 0.717) is 9.92 Å². The molecule has 0 bridgehead atoms. The van der Waals surface area contributed by atoms with Crippen molar-refractivity contribution in [1.29, 1.82) is 0 Å². The zero-order valence-electron chi connectivity index (χ0n) is 11.3. The fourth-order valence-electron chi connectivity index (χ4n) is 1.97. The predicted octanol–water partition coefficient (Wildman–Crippen LogP) is 3.92. The summed E-state index contributed by atoms with van der Waals surface area (Å²) in [6.07, 6.45) is 1.20. The van der Waals surface area contributed by atoms with Crippen LogP contribution in [0.2, 0.25) is 5.02 Å². The fourth-order valence-corrected chi connectivity index (χ4v) is 2.94. The van der Waals surface area contributed by atoms with Gasteiger partial charge in [-0.3, -0.25) is 0 Å². The van der Waals surface area contributed by atoms with Crippen LogP contribution in [0.4, 0.5) is 5.69 Å². The van der Waals surface area contributed by atoms with Gasteiger partial charge in [-0.25, -0.2) is 8.42 Å². The number of halogens is 1. The number of hydrogen-bond acceptors (Lipinski definition) is 3. The van der Waals surface area contributed by atoms with Crippen LogP contribution in [0.5, 0.6) is 0 Å². The number of hydrogen-bond donors (Lipinski definition) is 1. The lowest BCUT2D eigenvalue weighted by atomic mass is 10.1. The summed E-state index contributed by atoms with van der Waals surface area (Å²) in [5.41, 5.74) is 1.72. The molecule has 0 saturated heterocycles. The van der Waals surface area contributed by atoms with Gasteiger partial charge in [0.2, 0.25) is 0 Å². The molecule has 0 amide bonds. The SMILES string of the molecule is CC(Nc1cccc(S(C)(=O)=O)c1)c1ccccc1Cl. The number of benzene rings is 2. The minimum Gasteiger partial charge on any atom is -0.378 e. The summed E-state index contributed by atoms with van der Waals surface area (Å²) in [6, 6.07) is 14.3. The van der Waals surface area contributed by atoms with Crippen molar-refractivity contribution in [2.45, 2.75) is 17.9 Å². The highest BCUT2D eigenvalue weighted by Gasteiger charge is 2.11. The first-order chi connectivity index (χ1) is 9.38. The van der Waals surface area contributed by atoms with E-state index in [2.05, 4.69) is 5.32 Å². The Balaban J connectivity index is 2.25. The molecule has 20 heavy (non-hydrogen) atoms. The molecular formula is C15H16ClNO2S. The number of anilines is 1. The van der Waals surface area contributed by atoms with Crippen molar-refractivity contribution < 1.29 is 8.42 Å². The van der Waals surface area contributed by atoms with Gasteiger partial charge in [0.1, 0.15) is 0 Å². The standard InChI is InChI=1S/C15H16ClNO2S/c1-11(14-8-3-4-9-15(14)16)17-12-6-5-7-13(10-12)20(2,18)19/h3-11,17H,1-2H3. The Morgan fingerprint density at radius 3 is 2.45 bits per heavy atom. The van der Waals surface area contributed by atoms with E-state index in [-0.39, 0.29) is 6.04 Å². The van der Waals surface area contributed by atoms with E-state index in [0.717, 1.165) is 11.3 Å². The second kappa shape index (κ2) is 5.85. The average molecular weight is 310 g/mol. The minimum absolute atomic E-state index is 0.0153. The number of nitrogens with one attached hydrogen (secondary N) is 1. The summed E-state index contributed by atoms with van der Waals surface area (Å²) in [6.45, 7) is 1.98. The first kappa shape index (κ1) is 14.9. The topological polar surface area (TPSA) is 46.2 Å². The molecular weight excluding hydrogens is 294 g/mol. The van der Waals surface area contributed by atoms with Gasteiger partial charge in [-0.05, 0) is 36.8 Å². The molecule has 0 spiro atoms. The summed E-state index contributed by atoms with van der Waals surface area (Å²) >= 11 is 6.15. The summed E-state index contributed by atoms with van der Waals surface area (Å²) < 4.78 is 23.1. The zero-order valence-corrected chi connectivity index (χ0v) is 12.9. The molecule has 0 aliphatic carbocycles. The molecule has 1 N–H and O–H groups in total. The third-order valence-electron chi connectivity index (χ3n) is 3.02. The maximum atomic E-state index is 11.5. The quantitative estimate of drug-likeness (QED) is 0.931. The van der Waals surface area contributed by atoms with Gasteiger partial charge >= 0.3 is 0 Å². The third kappa shape index (κ3) is 3.52. The van der Waals surface area contributed by atoms with Crippen molar-refractivity contribution in [3.8, 4) is 0 Å². The van der Waals surface area contributed by atoms with Crippen LogP contribution in [0.25, 0.3) is 0 Å². The van der Waals surface area contributed by atoms with Gasteiger partial charge in [-0.1, -0.05) is 35.9 Å². The van der Waals surface area contributed by atoms with Crippen LogP contribution in [0.15, 0.2) is 53.4 Å². The van der Waals surface area contributed by atoms with Crippen molar-refractivity contribution in [1.82, 2.24) is 0 Å². The lowest BCUT2D eigenvalue weighted by Crippen LogP contribution is -2.08. The van der Waals surface area contributed by atoms with Crippen molar-refractivity contribution in [2.24, 2.45) is 0 Å². The van der Waals surface area contributed by atoms with E-state index < -0.39 is 9.84 Å². The van der Waals surface area contributed by atoms with E-state index >= 15 is 0 Å². The molecule has 106 valence electrons. The molecule has 0 aromatic heterocycles. The normalized spacial score (nSPS) is 12.9. The molecule has 0 saturated carbocycles. The maximum Gasteiger partial charge on any atom is 0.175 e. The molecule has 0 aliphatic heterocycles. The first-order valence-corrected chi connectivity index (χ1v) is 8.46. The van der Waals surface area contributed by atoms with E-state index in [4.69, 9.17) is 11.6 Å². The van der Waals surface area contributed by atoms with Crippen LogP contribution in [0, 0.1) is 0 Å². The van der Waals surface area contributed by atoms with Gasteiger partial charge in [0.05, 0.1) is 4.90 Å². The van der Waals surface area contributed by atoms with Crippen molar-refractivity contribution in [2.75, 3.05) is 11.6 Å². The predicted molar refractivity (Wildman–Crippen MR) is 83.0 cm³/mol. The molecule has 0 radical (unpaired) electrons. The van der Waals surface area contributed by atoms with Crippen molar-refractivity contribution in [3.05, 3.63) is 59.1 Å². The van der Waals surface area contributed by atoms with Gasteiger partial charge < -0.3 is 5.32 Å². The Labute approximate surface area is 124 Å². The molecule has 0 aliphatic rings. The average Bonchev–Trinajstić information content (AvgIpc) is 2.38. The van der Waals surface area contributed by atoms with Crippen LogP contribution < -0.4 is 5.32 Å². The molecule has 2 aromatic carbocycles. The van der Waals surface area contributed by atoms with Crippen LogP contribution >= 0.6 is 11.6 Å². The summed E-state index contributed by atoms with van der Waals surface area (Å²) in [7, 11) is -3.20. The molecule has 2 aromatic rings. The maximum absolute atomic E-state index is 11.5. The van der Waals surface area contributed by atoms with Crippen LogP contribution in [-0.4, -0.2) is 14.7 Å². The van der Waals surface area contributed by atoms with Gasteiger partial charge in [0.25, 0.3) is 0 Å². The van der Waals surface area contributed by atoms with Gasteiger partial charge in [-0.15, -0.1) is 0 Å². The smallest absolute Gasteiger partial charge is 0.175 e. The molecule has 3 nitrogen and oxygen atoms in total. The van der Waals surface area contributed by atoms with Crippen LogP contribution in [0.1, 0.15) is 18.5 Å². The van der Waals surface area contributed by atoms with Crippen molar-refractivity contribution >= 4 is 27.1 Å². The highest BCUT2D eigenvalue weighted by Crippen LogP contribution is 2.26. The summed E-state index contributed by atoms with van der Waals surface area (Å²) in [5, 5.41) is 3.95. The zero-order chi connectivity index (χ0) is 14.8.